The van der Waals surface area contributed by atoms with Crippen molar-refractivity contribution in [2.45, 2.75) is 11.0 Å². The smallest absolute Gasteiger partial charge is 0.245 e. The van der Waals surface area contributed by atoms with Crippen LogP contribution in [0.3, 0.4) is 0 Å². The molecular formula is C16H15F2NO4S. The van der Waals surface area contributed by atoms with E-state index in [2.05, 4.69) is 0 Å². The molecular weight excluding hydrogens is 340 g/mol. The van der Waals surface area contributed by atoms with E-state index in [1.54, 1.807) is 24.3 Å². The van der Waals surface area contributed by atoms with Crippen LogP contribution in [0.25, 0.3) is 0 Å². The van der Waals surface area contributed by atoms with E-state index in [0.29, 0.717) is 17.6 Å². The third-order valence-corrected chi connectivity index (χ3v) is 5.47. The average Bonchev–Trinajstić information content (AvgIpc) is 2.54. The standard InChI is InChI=1S/C16H15F2NO4S/c1-19(24(20,21)16-7-6-11(17)8-13(16)18)9-12-10-22-14-4-2-3-5-15(14)23-12/h2-8,12H,9-10H2,1H3/t12-/m1/s1. The van der Waals surface area contributed by atoms with E-state index in [1.807, 2.05) is 0 Å². The Hall–Kier alpha value is -2.19. The maximum atomic E-state index is 13.8. The predicted molar refractivity (Wildman–Crippen MR) is 82.5 cm³/mol. The van der Waals surface area contributed by atoms with E-state index in [0.717, 1.165) is 16.4 Å². The molecule has 0 saturated heterocycles. The third-order valence-electron chi connectivity index (χ3n) is 3.61. The molecule has 0 aliphatic carbocycles. The van der Waals surface area contributed by atoms with Gasteiger partial charge in [0.15, 0.2) is 11.5 Å². The summed E-state index contributed by atoms with van der Waals surface area (Å²) in [4.78, 5) is -0.580. The summed E-state index contributed by atoms with van der Waals surface area (Å²) in [5.74, 6) is -0.862. The molecule has 0 aromatic heterocycles. The fourth-order valence-electron chi connectivity index (χ4n) is 2.39. The van der Waals surface area contributed by atoms with Gasteiger partial charge in [-0.3, -0.25) is 0 Å². The number of para-hydroxylation sites is 2. The third kappa shape index (κ3) is 3.20. The van der Waals surface area contributed by atoms with Gasteiger partial charge in [-0.2, -0.15) is 4.31 Å². The lowest BCUT2D eigenvalue weighted by molar-refractivity contribution is 0.0798. The van der Waals surface area contributed by atoms with Crippen molar-refractivity contribution in [1.29, 1.82) is 0 Å². The van der Waals surface area contributed by atoms with E-state index in [9.17, 15) is 17.2 Å². The van der Waals surface area contributed by atoms with Gasteiger partial charge in [-0.1, -0.05) is 12.1 Å². The molecule has 128 valence electrons. The monoisotopic (exact) mass is 355 g/mol. The van der Waals surface area contributed by atoms with E-state index in [1.165, 1.54) is 7.05 Å². The Kier molecular flexibility index (Phi) is 4.42. The molecule has 0 fully saturated rings. The van der Waals surface area contributed by atoms with Gasteiger partial charge in [-0.25, -0.2) is 17.2 Å². The summed E-state index contributed by atoms with van der Waals surface area (Å²) in [6.45, 7) is 0.135. The van der Waals surface area contributed by atoms with Gasteiger partial charge < -0.3 is 9.47 Å². The Morgan fingerprint density at radius 3 is 2.58 bits per heavy atom. The second kappa shape index (κ2) is 6.37. The highest BCUT2D eigenvalue weighted by Gasteiger charge is 2.29. The minimum absolute atomic E-state index is 0.0342. The molecule has 1 aliphatic rings. The van der Waals surface area contributed by atoms with Crippen LogP contribution in [0.5, 0.6) is 11.5 Å². The van der Waals surface area contributed by atoms with Crippen LogP contribution in [0.15, 0.2) is 47.4 Å². The maximum Gasteiger partial charge on any atom is 0.245 e. The number of nitrogens with zero attached hydrogens (tertiary/aromatic N) is 1. The largest absolute Gasteiger partial charge is 0.486 e. The zero-order valence-electron chi connectivity index (χ0n) is 12.8. The number of halogens is 2. The first-order valence-corrected chi connectivity index (χ1v) is 8.62. The van der Waals surface area contributed by atoms with Gasteiger partial charge in [0.1, 0.15) is 29.2 Å². The SMILES string of the molecule is CN(C[C@@H]1COc2ccccc2O1)S(=O)(=O)c1ccc(F)cc1F. The zero-order valence-corrected chi connectivity index (χ0v) is 13.6. The van der Waals surface area contributed by atoms with Gasteiger partial charge in [0.25, 0.3) is 0 Å². The van der Waals surface area contributed by atoms with Crippen LogP contribution >= 0.6 is 0 Å². The van der Waals surface area contributed by atoms with Crippen molar-refractivity contribution in [2.75, 3.05) is 20.2 Å². The highest BCUT2D eigenvalue weighted by molar-refractivity contribution is 7.89. The summed E-state index contributed by atoms with van der Waals surface area (Å²) < 4.78 is 63.8. The summed E-state index contributed by atoms with van der Waals surface area (Å²) >= 11 is 0. The minimum Gasteiger partial charge on any atom is -0.486 e. The molecule has 24 heavy (non-hydrogen) atoms. The summed E-state index contributed by atoms with van der Waals surface area (Å²) in [5, 5.41) is 0. The highest BCUT2D eigenvalue weighted by atomic mass is 32.2. The van der Waals surface area contributed by atoms with Gasteiger partial charge in [-0.15, -0.1) is 0 Å². The number of benzene rings is 2. The van der Waals surface area contributed by atoms with Crippen molar-refractivity contribution in [3.63, 3.8) is 0 Å². The van der Waals surface area contributed by atoms with Crippen LogP contribution in [0.4, 0.5) is 8.78 Å². The minimum atomic E-state index is -4.11. The fraction of sp³-hybridized carbons (Fsp3) is 0.250. The van der Waals surface area contributed by atoms with Crippen LogP contribution in [0.2, 0.25) is 0 Å². The molecule has 3 rings (SSSR count). The topological polar surface area (TPSA) is 55.8 Å². The normalized spacial score (nSPS) is 17.1. The molecule has 0 unspecified atom stereocenters. The van der Waals surface area contributed by atoms with Crippen molar-refractivity contribution in [3.05, 3.63) is 54.1 Å². The maximum absolute atomic E-state index is 13.8. The lowest BCUT2D eigenvalue weighted by Gasteiger charge is -2.29. The number of sulfonamides is 1. The molecule has 1 aliphatic heterocycles. The van der Waals surface area contributed by atoms with Gasteiger partial charge >= 0.3 is 0 Å². The molecule has 0 spiro atoms. The molecule has 0 N–H and O–H groups in total. The van der Waals surface area contributed by atoms with Crippen LogP contribution in [-0.4, -0.2) is 39.0 Å². The quantitative estimate of drug-likeness (QED) is 0.845. The average molecular weight is 355 g/mol. The second-order valence-corrected chi connectivity index (χ2v) is 7.37. The molecule has 0 saturated carbocycles. The van der Waals surface area contributed by atoms with Crippen molar-refractivity contribution < 1.29 is 26.7 Å². The molecule has 1 heterocycles. The Labute approximate surface area is 138 Å². The Morgan fingerprint density at radius 1 is 1.17 bits per heavy atom. The molecule has 8 heteroatoms. The number of hydrogen-bond acceptors (Lipinski definition) is 4. The zero-order chi connectivity index (χ0) is 17.3. The predicted octanol–water partition coefficient (Wildman–Crippen LogP) is 2.43. The number of likely N-dealkylation sites (N-methyl/N-ethyl adjacent to an activating group) is 1. The Balaban J connectivity index is 1.76. The highest BCUT2D eigenvalue weighted by Crippen LogP contribution is 2.31. The lowest BCUT2D eigenvalue weighted by atomic mass is 10.2. The number of fused-ring (bicyclic) bond motifs is 1. The van der Waals surface area contributed by atoms with Crippen molar-refractivity contribution in [3.8, 4) is 11.5 Å². The van der Waals surface area contributed by atoms with Crippen LogP contribution in [0.1, 0.15) is 0 Å². The Bertz CT molecular complexity index is 857. The first-order valence-electron chi connectivity index (χ1n) is 7.18. The van der Waals surface area contributed by atoms with Crippen LogP contribution < -0.4 is 9.47 Å². The first kappa shape index (κ1) is 16.7. The van der Waals surface area contributed by atoms with Gasteiger partial charge in [-0.05, 0) is 24.3 Å². The van der Waals surface area contributed by atoms with E-state index >= 15 is 0 Å². The summed E-state index contributed by atoms with van der Waals surface area (Å²) in [6.07, 6.45) is -0.539. The second-order valence-electron chi connectivity index (χ2n) is 5.36. The summed E-state index contributed by atoms with van der Waals surface area (Å²) in [7, 11) is -2.80. The molecule has 1 atom stereocenters. The van der Waals surface area contributed by atoms with Crippen LogP contribution in [-0.2, 0) is 10.0 Å². The molecule has 0 radical (unpaired) electrons. The summed E-state index contributed by atoms with van der Waals surface area (Å²) in [6, 6.07) is 9.40. The molecule has 0 bridgehead atoms. The molecule has 2 aromatic carbocycles. The fourth-order valence-corrected chi connectivity index (χ4v) is 3.63. The number of ether oxygens (including phenoxy) is 2. The summed E-state index contributed by atoms with van der Waals surface area (Å²) in [5.41, 5.74) is 0. The van der Waals surface area contributed by atoms with Gasteiger partial charge in [0.2, 0.25) is 10.0 Å². The number of rotatable bonds is 4. The first-order chi connectivity index (χ1) is 11.4. The van der Waals surface area contributed by atoms with E-state index in [4.69, 9.17) is 9.47 Å². The van der Waals surface area contributed by atoms with Crippen molar-refractivity contribution >= 4 is 10.0 Å². The van der Waals surface area contributed by atoms with Crippen molar-refractivity contribution in [1.82, 2.24) is 4.31 Å². The van der Waals surface area contributed by atoms with E-state index in [-0.39, 0.29) is 13.2 Å². The molecule has 5 nitrogen and oxygen atoms in total. The lowest BCUT2D eigenvalue weighted by Crippen LogP contribution is -2.41. The van der Waals surface area contributed by atoms with Gasteiger partial charge in [0, 0.05) is 13.1 Å². The Morgan fingerprint density at radius 2 is 1.88 bits per heavy atom. The molecule has 0 amide bonds. The number of hydrogen-bond donors (Lipinski definition) is 0. The van der Waals surface area contributed by atoms with Crippen LogP contribution in [0, 0.1) is 11.6 Å². The van der Waals surface area contributed by atoms with Gasteiger partial charge in [0.05, 0.1) is 6.54 Å². The van der Waals surface area contributed by atoms with Crippen molar-refractivity contribution in [2.24, 2.45) is 0 Å². The molecule has 2 aromatic rings. The van der Waals surface area contributed by atoms with E-state index < -0.39 is 32.7 Å².